The van der Waals surface area contributed by atoms with Gasteiger partial charge < -0.3 is 33.9 Å². The number of anilines is 2. The third-order valence-electron chi connectivity index (χ3n) is 6.28. The summed E-state index contributed by atoms with van der Waals surface area (Å²) in [7, 11) is 2.14. The molecule has 3 aliphatic heterocycles. The smallest absolute Gasteiger partial charge is 0.231 e. The topological polar surface area (TPSA) is 90.5 Å². The van der Waals surface area contributed by atoms with E-state index in [1.165, 1.54) is 0 Å². The van der Waals surface area contributed by atoms with Gasteiger partial charge in [-0.3, -0.25) is 0 Å². The molecule has 178 valence electrons. The van der Waals surface area contributed by atoms with Crippen LogP contribution in [0.3, 0.4) is 0 Å². The van der Waals surface area contributed by atoms with Crippen LogP contribution < -0.4 is 24.3 Å². The van der Waals surface area contributed by atoms with Crippen molar-refractivity contribution in [2.45, 2.75) is 31.9 Å². The monoisotopic (exact) mass is 464 g/mol. The number of fused-ring (bicyclic) bond motifs is 4. The molecule has 0 radical (unpaired) electrons. The fourth-order valence-corrected chi connectivity index (χ4v) is 4.35. The predicted octanol–water partition coefficient (Wildman–Crippen LogP) is 3.87. The summed E-state index contributed by atoms with van der Waals surface area (Å²) in [5.41, 5.74) is 2.75. The Labute approximate surface area is 197 Å². The van der Waals surface area contributed by atoms with Crippen molar-refractivity contribution in [1.29, 1.82) is 0 Å². The summed E-state index contributed by atoms with van der Waals surface area (Å²) >= 11 is 0. The molecule has 1 saturated heterocycles. The Bertz CT molecular complexity index is 1200. The Balaban J connectivity index is 1.43. The van der Waals surface area contributed by atoms with Gasteiger partial charge in [-0.2, -0.15) is 0 Å². The lowest BCUT2D eigenvalue weighted by Crippen LogP contribution is -2.20. The van der Waals surface area contributed by atoms with Crippen LogP contribution in [-0.4, -0.2) is 61.2 Å². The van der Waals surface area contributed by atoms with Crippen molar-refractivity contribution in [3.8, 4) is 23.0 Å². The molecule has 1 fully saturated rings. The standard InChI is InChI=1S/C25H28N4O5/c1-29-7-3-2-4-8-30-21-9-18-19(10-22(21)32-13-17-12-31-17)26-14-27-25(18)28-23-16(11-29)5-6-20-24(23)34-15-33-20/h5-6,9-10,14,17H,2-4,7-8,11-13,15H2,1H3,(H,26,27,28)/t17-/m0/s1. The molecule has 0 spiro atoms. The van der Waals surface area contributed by atoms with Crippen molar-refractivity contribution in [1.82, 2.24) is 14.9 Å². The molecule has 1 aromatic heterocycles. The number of hydrogen-bond acceptors (Lipinski definition) is 9. The van der Waals surface area contributed by atoms with E-state index in [-0.39, 0.29) is 12.9 Å². The van der Waals surface area contributed by atoms with Crippen molar-refractivity contribution in [3.63, 3.8) is 0 Å². The van der Waals surface area contributed by atoms with Gasteiger partial charge in [-0.25, -0.2) is 9.97 Å². The molecule has 9 nitrogen and oxygen atoms in total. The lowest BCUT2D eigenvalue weighted by Gasteiger charge is -2.20. The molecule has 0 aliphatic carbocycles. The zero-order valence-electron chi connectivity index (χ0n) is 19.2. The Morgan fingerprint density at radius 2 is 2.03 bits per heavy atom. The average Bonchev–Trinajstić information content (AvgIpc) is 3.55. The predicted molar refractivity (Wildman–Crippen MR) is 126 cm³/mol. The highest BCUT2D eigenvalue weighted by Crippen LogP contribution is 2.44. The van der Waals surface area contributed by atoms with E-state index in [0.29, 0.717) is 36.3 Å². The molecule has 0 saturated carbocycles. The van der Waals surface area contributed by atoms with E-state index < -0.39 is 0 Å². The largest absolute Gasteiger partial charge is 0.490 e. The molecule has 1 N–H and O–H groups in total. The van der Waals surface area contributed by atoms with Crippen LogP contribution in [0.1, 0.15) is 24.8 Å². The van der Waals surface area contributed by atoms with Gasteiger partial charge in [0, 0.05) is 18.0 Å². The van der Waals surface area contributed by atoms with E-state index >= 15 is 0 Å². The number of aromatic nitrogens is 2. The van der Waals surface area contributed by atoms with Crippen molar-refractivity contribution < 1.29 is 23.7 Å². The number of epoxide rings is 1. The summed E-state index contributed by atoms with van der Waals surface area (Å²) in [6.45, 7) is 3.85. The van der Waals surface area contributed by atoms with Crippen LogP contribution in [0, 0.1) is 0 Å². The maximum atomic E-state index is 6.19. The normalized spacial score (nSPS) is 20.1. The van der Waals surface area contributed by atoms with Crippen LogP contribution in [0.2, 0.25) is 0 Å². The summed E-state index contributed by atoms with van der Waals surface area (Å²) in [5.74, 6) is 3.48. The van der Waals surface area contributed by atoms with Crippen LogP contribution in [-0.2, 0) is 11.3 Å². The molecule has 9 heteroatoms. The molecule has 0 unspecified atom stereocenters. The first-order chi connectivity index (χ1) is 16.7. The summed E-state index contributed by atoms with van der Waals surface area (Å²) in [6, 6.07) is 7.95. The van der Waals surface area contributed by atoms with E-state index in [2.05, 4.69) is 33.3 Å². The first-order valence-corrected chi connectivity index (χ1v) is 11.8. The third kappa shape index (κ3) is 4.41. The average molecular weight is 465 g/mol. The summed E-state index contributed by atoms with van der Waals surface area (Å²) in [4.78, 5) is 11.4. The van der Waals surface area contributed by atoms with Crippen LogP contribution in [0.25, 0.3) is 10.9 Å². The fourth-order valence-electron chi connectivity index (χ4n) is 4.35. The molecule has 4 heterocycles. The molecule has 34 heavy (non-hydrogen) atoms. The summed E-state index contributed by atoms with van der Waals surface area (Å²) in [6.07, 6.45) is 4.87. The fraction of sp³-hybridized carbons (Fsp3) is 0.440. The first-order valence-electron chi connectivity index (χ1n) is 11.8. The van der Waals surface area contributed by atoms with Crippen molar-refractivity contribution in [2.75, 3.05) is 45.5 Å². The second kappa shape index (κ2) is 9.15. The second-order valence-corrected chi connectivity index (χ2v) is 8.91. The summed E-state index contributed by atoms with van der Waals surface area (Å²) in [5, 5.41) is 4.37. The van der Waals surface area contributed by atoms with E-state index in [9.17, 15) is 0 Å². The van der Waals surface area contributed by atoms with Crippen molar-refractivity contribution in [3.05, 3.63) is 36.2 Å². The highest BCUT2D eigenvalue weighted by atomic mass is 16.7. The van der Waals surface area contributed by atoms with Gasteiger partial charge in [0.25, 0.3) is 0 Å². The van der Waals surface area contributed by atoms with Crippen LogP contribution in [0.4, 0.5) is 11.5 Å². The number of hydrogen-bond donors (Lipinski definition) is 1. The molecule has 3 aliphatic rings. The highest BCUT2D eigenvalue weighted by molar-refractivity contribution is 5.94. The molecular weight excluding hydrogens is 436 g/mol. The molecule has 1 atom stereocenters. The first kappa shape index (κ1) is 21.2. The minimum absolute atomic E-state index is 0.158. The molecular formula is C25H28N4O5. The number of nitrogens with one attached hydrogen (secondary N) is 1. The zero-order valence-corrected chi connectivity index (χ0v) is 19.2. The Morgan fingerprint density at radius 1 is 1.09 bits per heavy atom. The van der Waals surface area contributed by atoms with Crippen LogP contribution in [0.15, 0.2) is 30.6 Å². The van der Waals surface area contributed by atoms with Gasteiger partial charge in [-0.15, -0.1) is 0 Å². The zero-order chi connectivity index (χ0) is 22.9. The number of nitrogens with zero attached hydrogens (tertiary/aromatic N) is 3. The number of benzene rings is 2. The maximum Gasteiger partial charge on any atom is 0.231 e. The lowest BCUT2D eigenvalue weighted by molar-refractivity contribution is 0.174. The van der Waals surface area contributed by atoms with Gasteiger partial charge in [-0.05, 0) is 50.6 Å². The quantitative estimate of drug-likeness (QED) is 0.580. The molecule has 6 rings (SSSR count). The van der Waals surface area contributed by atoms with Crippen molar-refractivity contribution in [2.24, 2.45) is 0 Å². The van der Waals surface area contributed by atoms with E-state index in [1.54, 1.807) is 6.33 Å². The Morgan fingerprint density at radius 3 is 2.94 bits per heavy atom. The molecule has 0 amide bonds. The highest BCUT2D eigenvalue weighted by Gasteiger charge is 2.25. The van der Waals surface area contributed by atoms with Crippen LogP contribution >= 0.6 is 0 Å². The van der Waals surface area contributed by atoms with Crippen molar-refractivity contribution >= 4 is 22.4 Å². The maximum absolute atomic E-state index is 6.19. The van der Waals surface area contributed by atoms with Crippen LogP contribution in [0.5, 0.6) is 23.0 Å². The molecule has 2 bridgehead atoms. The Kier molecular flexibility index (Phi) is 5.72. The second-order valence-electron chi connectivity index (χ2n) is 8.91. The minimum Gasteiger partial charge on any atom is -0.490 e. The third-order valence-corrected chi connectivity index (χ3v) is 6.28. The van der Waals surface area contributed by atoms with Gasteiger partial charge in [0.1, 0.15) is 24.9 Å². The number of ether oxygens (including phenoxy) is 5. The van der Waals surface area contributed by atoms with E-state index in [0.717, 1.165) is 66.9 Å². The van der Waals surface area contributed by atoms with Gasteiger partial charge >= 0.3 is 0 Å². The minimum atomic E-state index is 0.158. The van der Waals surface area contributed by atoms with E-state index in [1.807, 2.05) is 18.2 Å². The molecule has 2 aromatic carbocycles. The molecule has 3 aromatic rings. The lowest BCUT2D eigenvalue weighted by atomic mass is 10.1. The van der Waals surface area contributed by atoms with Gasteiger partial charge in [-0.1, -0.05) is 6.07 Å². The SMILES string of the molecule is CN1CCCCCOc2cc3c(ncnc3cc2OC[C@@H]2CO2)Nc2c(ccc3c2OCO3)C1. The van der Waals surface area contributed by atoms with Gasteiger partial charge in [0.15, 0.2) is 23.0 Å². The van der Waals surface area contributed by atoms with Gasteiger partial charge in [0.05, 0.1) is 24.4 Å². The number of rotatable bonds is 3. The van der Waals surface area contributed by atoms with Gasteiger partial charge in [0.2, 0.25) is 6.79 Å². The summed E-state index contributed by atoms with van der Waals surface area (Å²) < 4.78 is 29.0. The van der Waals surface area contributed by atoms with E-state index in [4.69, 9.17) is 23.7 Å². The Hall–Kier alpha value is -3.30.